The monoisotopic (exact) mass is 299 g/mol. The van der Waals surface area contributed by atoms with Gasteiger partial charge in [0.1, 0.15) is 5.69 Å². The minimum Gasteiger partial charge on any atom is -0.504 e. The molecule has 0 aliphatic carbocycles. The number of aromatic carboxylic acids is 1. The van der Waals surface area contributed by atoms with Gasteiger partial charge in [0.2, 0.25) is 5.76 Å². The number of carboxylic acid groups (broad SMARTS) is 1. The first-order valence-electron chi connectivity index (χ1n) is 4.41. The Morgan fingerprint density at radius 2 is 2.00 bits per heavy atom. The molecule has 0 radical (unpaired) electrons. The van der Waals surface area contributed by atoms with E-state index in [0.29, 0.717) is 5.56 Å². The summed E-state index contributed by atoms with van der Waals surface area (Å²) >= 11 is 3.05. The van der Waals surface area contributed by atoms with E-state index in [4.69, 9.17) is 5.11 Å². The number of aromatic hydroxyl groups is 2. The highest BCUT2D eigenvalue weighted by atomic mass is 79.9. The first-order chi connectivity index (χ1) is 7.99. The van der Waals surface area contributed by atoms with Crippen LogP contribution in [0.2, 0.25) is 0 Å². The van der Waals surface area contributed by atoms with E-state index >= 15 is 0 Å². The summed E-state index contributed by atoms with van der Waals surface area (Å²) in [7, 11) is 0. The normalized spacial score (nSPS) is 10.4. The number of carbonyl (C=O) groups is 1. The highest BCUT2D eigenvalue weighted by Gasteiger charge is 2.15. The number of rotatable bonds is 2. The number of halogens is 1. The van der Waals surface area contributed by atoms with Crippen molar-refractivity contribution in [3.63, 3.8) is 0 Å². The van der Waals surface area contributed by atoms with E-state index in [-0.39, 0.29) is 27.4 Å². The maximum atomic E-state index is 10.6. The van der Waals surface area contributed by atoms with Crippen LogP contribution in [0.3, 0.4) is 0 Å². The van der Waals surface area contributed by atoms with Gasteiger partial charge >= 0.3 is 5.97 Å². The molecule has 0 unspecified atom stereocenters. The van der Waals surface area contributed by atoms with Crippen molar-refractivity contribution < 1.29 is 24.6 Å². The van der Waals surface area contributed by atoms with Gasteiger partial charge in [0.15, 0.2) is 11.5 Å². The van der Waals surface area contributed by atoms with Crippen LogP contribution in [0.1, 0.15) is 10.6 Å². The van der Waals surface area contributed by atoms with Gasteiger partial charge in [-0.05, 0) is 28.1 Å². The molecular weight excluding hydrogens is 294 g/mol. The van der Waals surface area contributed by atoms with Gasteiger partial charge < -0.3 is 19.8 Å². The van der Waals surface area contributed by atoms with E-state index < -0.39 is 5.97 Å². The molecule has 0 atom stereocenters. The van der Waals surface area contributed by atoms with Gasteiger partial charge in [0, 0.05) is 11.6 Å². The molecule has 0 spiro atoms. The van der Waals surface area contributed by atoms with Gasteiger partial charge in [-0.2, -0.15) is 0 Å². The van der Waals surface area contributed by atoms with E-state index in [2.05, 4.69) is 25.6 Å². The summed E-state index contributed by atoms with van der Waals surface area (Å²) in [6.07, 6.45) is 0. The Balaban J connectivity index is 2.49. The SMILES string of the molecule is O=C(O)c1cc(-c2cc(O)c(O)c(Br)c2)no1. The van der Waals surface area contributed by atoms with Gasteiger partial charge in [0.25, 0.3) is 0 Å². The Hall–Kier alpha value is -2.02. The number of nitrogens with zero attached hydrogens (tertiary/aromatic N) is 1. The lowest BCUT2D eigenvalue weighted by atomic mass is 10.1. The van der Waals surface area contributed by atoms with Gasteiger partial charge in [0.05, 0.1) is 4.47 Å². The van der Waals surface area contributed by atoms with Crippen molar-refractivity contribution in [2.24, 2.45) is 0 Å². The molecule has 2 rings (SSSR count). The third-order valence-electron chi connectivity index (χ3n) is 2.06. The third-order valence-corrected chi connectivity index (χ3v) is 2.66. The molecule has 3 N–H and O–H groups in total. The molecule has 2 aromatic rings. The minimum atomic E-state index is -1.23. The van der Waals surface area contributed by atoms with Crippen LogP contribution in [0.4, 0.5) is 0 Å². The topological polar surface area (TPSA) is 104 Å². The number of hydrogen-bond donors (Lipinski definition) is 3. The Labute approximate surface area is 103 Å². The second-order valence-electron chi connectivity index (χ2n) is 3.21. The van der Waals surface area contributed by atoms with E-state index in [9.17, 15) is 15.0 Å². The highest BCUT2D eigenvalue weighted by molar-refractivity contribution is 9.10. The molecule has 0 saturated carbocycles. The van der Waals surface area contributed by atoms with E-state index in [1.165, 1.54) is 18.2 Å². The number of aromatic nitrogens is 1. The number of phenols is 2. The van der Waals surface area contributed by atoms with Crippen molar-refractivity contribution >= 4 is 21.9 Å². The summed E-state index contributed by atoms with van der Waals surface area (Å²) < 4.78 is 4.85. The lowest BCUT2D eigenvalue weighted by Crippen LogP contribution is -1.91. The molecule has 0 aliphatic heterocycles. The molecule has 88 valence electrons. The molecule has 0 fully saturated rings. The first-order valence-corrected chi connectivity index (χ1v) is 5.20. The number of carboxylic acids is 1. The quantitative estimate of drug-likeness (QED) is 0.735. The van der Waals surface area contributed by atoms with Gasteiger partial charge in [-0.15, -0.1) is 0 Å². The van der Waals surface area contributed by atoms with Crippen LogP contribution in [0.5, 0.6) is 11.5 Å². The fraction of sp³-hybridized carbons (Fsp3) is 0. The van der Waals surface area contributed by atoms with Crippen molar-refractivity contribution in [1.29, 1.82) is 0 Å². The fourth-order valence-corrected chi connectivity index (χ4v) is 1.69. The molecule has 1 aromatic carbocycles. The lowest BCUT2D eigenvalue weighted by molar-refractivity contribution is 0.0652. The van der Waals surface area contributed by atoms with Crippen LogP contribution in [-0.2, 0) is 0 Å². The lowest BCUT2D eigenvalue weighted by Gasteiger charge is -2.02. The number of benzene rings is 1. The predicted molar refractivity (Wildman–Crippen MR) is 59.9 cm³/mol. The second-order valence-corrected chi connectivity index (χ2v) is 4.06. The van der Waals surface area contributed by atoms with Crippen LogP contribution in [0, 0.1) is 0 Å². The summed E-state index contributed by atoms with van der Waals surface area (Å²) in [5, 5.41) is 31.0. The predicted octanol–water partition coefficient (Wildman–Crippen LogP) is 2.21. The first kappa shape index (κ1) is 11.5. The van der Waals surface area contributed by atoms with Crippen LogP contribution in [0.15, 0.2) is 27.2 Å². The molecule has 0 amide bonds. The van der Waals surface area contributed by atoms with E-state index in [1.54, 1.807) is 0 Å². The summed E-state index contributed by atoms with van der Waals surface area (Å²) in [6, 6.07) is 3.96. The molecule has 7 heteroatoms. The highest BCUT2D eigenvalue weighted by Crippen LogP contribution is 2.37. The van der Waals surface area contributed by atoms with Crippen LogP contribution in [0.25, 0.3) is 11.3 Å². The Kier molecular flexibility index (Phi) is 2.76. The molecule has 6 nitrogen and oxygen atoms in total. The standard InChI is InChI=1S/C10H6BrNO5/c11-5-1-4(2-7(13)9(5)14)6-3-8(10(15)16)17-12-6/h1-3,13-14H,(H,15,16). The smallest absolute Gasteiger partial charge is 0.374 e. The average Bonchev–Trinajstić information content (AvgIpc) is 2.74. The van der Waals surface area contributed by atoms with Gasteiger partial charge in [-0.1, -0.05) is 5.16 Å². The maximum Gasteiger partial charge on any atom is 0.374 e. The summed E-state index contributed by atoms with van der Waals surface area (Å²) in [6.45, 7) is 0. The third kappa shape index (κ3) is 2.09. The van der Waals surface area contributed by atoms with Crippen molar-refractivity contribution in [2.45, 2.75) is 0 Å². The molecule has 0 saturated heterocycles. The van der Waals surface area contributed by atoms with Gasteiger partial charge in [-0.25, -0.2) is 4.79 Å². The maximum absolute atomic E-state index is 10.6. The Bertz CT molecular complexity index is 569. The summed E-state index contributed by atoms with van der Waals surface area (Å²) in [5.74, 6) is -2.17. The van der Waals surface area contributed by atoms with Crippen molar-refractivity contribution in [2.75, 3.05) is 0 Å². The zero-order valence-electron chi connectivity index (χ0n) is 8.22. The zero-order chi connectivity index (χ0) is 12.6. The van der Waals surface area contributed by atoms with Crippen molar-refractivity contribution in [3.8, 4) is 22.8 Å². The second kappa shape index (κ2) is 4.10. The zero-order valence-corrected chi connectivity index (χ0v) is 9.80. The fourth-order valence-electron chi connectivity index (χ4n) is 1.24. The number of hydrogen-bond acceptors (Lipinski definition) is 5. The molecule has 1 aromatic heterocycles. The van der Waals surface area contributed by atoms with Crippen LogP contribution >= 0.6 is 15.9 Å². The molecular formula is C10H6BrNO5. The van der Waals surface area contributed by atoms with E-state index in [1.807, 2.05) is 0 Å². The van der Waals surface area contributed by atoms with Crippen molar-refractivity contribution in [3.05, 3.63) is 28.4 Å². The van der Waals surface area contributed by atoms with Crippen LogP contribution in [-0.4, -0.2) is 26.4 Å². The summed E-state index contributed by atoms with van der Waals surface area (Å²) in [4.78, 5) is 10.6. The Morgan fingerprint density at radius 1 is 1.29 bits per heavy atom. The van der Waals surface area contributed by atoms with Crippen LogP contribution < -0.4 is 0 Å². The van der Waals surface area contributed by atoms with E-state index in [0.717, 1.165) is 0 Å². The largest absolute Gasteiger partial charge is 0.504 e. The Morgan fingerprint density at radius 3 is 2.53 bits per heavy atom. The summed E-state index contributed by atoms with van der Waals surface area (Å²) in [5.41, 5.74) is 0.668. The number of phenolic OH excluding ortho intramolecular Hbond substituents is 2. The molecule has 17 heavy (non-hydrogen) atoms. The van der Waals surface area contributed by atoms with Gasteiger partial charge in [-0.3, -0.25) is 0 Å². The molecule has 0 aliphatic rings. The average molecular weight is 300 g/mol. The molecule has 0 bridgehead atoms. The van der Waals surface area contributed by atoms with Crippen molar-refractivity contribution in [1.82, 2.24) is 5.16 Å². The molecule has 1 heterocycles. The minimum absolute atomic E-state index is 0.249.